The summed E-state index contributed by atoms with van der Waals surface area (Å²) < 4.78 is 7.80. The van der Waals surface area contributed by atoms with Crippen LogP contribution in [0, 0.1) is 11.3 Å². The fourth-order valence-electron chi connectivity index (χ4n) is 3.21. The second-order valence-electron chi connectivity index (χ2n) is 7.78. The third-order valence-electron chi connectivity index (χ3n) is 4.90. The lowest BCUT2D eigenvalue weighted by Gasteiger charge is -1.97. The Morgan fingerprint density at radius 2 is 1.39 bits per heavy atom. The zero-order valence-corrected chi connectivity index (χ0v) is 25.0. The number of halogens is 3. The summed E-state index contributed by atoms with van der Waals surface area (Å²) in [6.07, 6.45) is 0.506. The minimum atomic E-state index is -0.263. The predicted octanol–water partition coefficient (Wildman–Crippen LogP) is 6.44. The van der Waals surface area contributed by atoms with E-state index in [1.165, 1.54) is 0 Å². The number of anilines is 2. The Labute approximate surface area is 244 Å². The maximum absolute atomic E-state index is 11.3. The molecule has 0 aliphatic rings. The number of imidazole rings is 2. The van der Waals surface area contributed by atoms with Crippen molar-refractivity contribution in [3.63, 3.8) is 0 Å². The number of nitrogen functional groups attached to an aromatic ring is 2. The van der Waals surface area contributed by atoms with Crippen LogP contribution in [-0.4, -0.2) is 32.5 Å². The molecule has 3 aromatic carbocycles. The highest BCUT2D eigenvalue weighted by molar-refractivity contribution is 9.11. The molecule has 0 aliphatic heterocycles. The number of aromatic amines is 2. The first-order valence-electron chi connectivity index (χ1n) is 11.3. The summed E-state index contributed by atoms with van der Waals surface area (Å²) in [6, 6.07) is 19.0. The molecule has 0 spiro atoms. The molecule has 0 saturated carbocycles. The monoisotopic (exact) mass is 703 g/mol. The molecule has 196 valence electrons. The van der Waals surface area contributed by atoms with Crippen molar-refractivity contribution in [3.8, 4) is 6.07 Å². The van der Waals surface area contributed by atoms with Crippen molar-refractivity contribution in [2.24, 2.45) is 0 Å². The maximum atomic E-state index is 11.3. The molecule has 0 saturated heterocycles. The Morgan fingerprint density at radius 3 is 1.92 bits per heavy atom. The molecule has 9 nitrogen and oxygen atoms in total. The van der Waals surface area contributed by atoms with Gasteiger partial charge in [-0.2, -0.15) is 5.26 Å². The SMILES string of the molecule is CCOC(=O)Cc1nc2ccc(Br)cc2[nH]1.N#CCc1nc2ccc(Br)cc2[nH]1.Nc1ccc(Br)cc1N. The molecule has 5 aromatic rings. The lowest BCUT2D eigenvalue weighted by Crippen LogP contribution is -2.08. The topological polar surface area (TPSA) is 159 Å². The molecule has 0 radical (unpaired) electrons. The molecular formula is C26H24Br3N7O2. The molecule has 12 heteroatoms. The van der Waals surface area contributed by atoms with Crippen molar-refractivity contribution in [2.75, 3.05) is 18.1 Å². The van der Waals surface area contributed by atoms with Gasteiger partial charge in [0.05, 0.1) is 52.5 Å². The standard InChI is InChI=1S/C11H11BrN2O2.C9H6BrN3.C6H7BrN2/c1-2-16-11(15)6-10-13-8-4-3-7(12)5-9(8)14-10;10-6-1-2-7-8(5-6)13-9(12-7)3-4-11;7-4-1-2-5(8)6(9)3-4/h3-5H,2,6H2,1H3,(H,13,14);1-2,5H,3H2,(H,12,13);1-3H,8-9H2. The van der Waals surface area contributed by atoms with Gasteiger partial charge in [-0.25, -0.2) is 9.97 Å². The minimum Gasteiger partial charge on any atom is -0.466 e. The molecule has 6 N–H and O–H groups in total. The van der Waals surface area contributed by atoms with E-state index in [4.69, 9.17) is 21.5 Å². The van der Waals surface area contributed by atoms with Crippen molar-refractivity contribution in [1.29, 1.82) is 5.26 Å². The van der Waals surface area contributed by atoms with Gasteiger partial charge in [0.2, 0.25) is 0 Å². The maximum Gasteiger partial charge on any atom is 0.313 e. The molecule has 0 fully saturated rings. The number of carbonyl (C=O) groups is 1. The summed E-state index contributed by atoms with van der Waals surface area (Å²) in [7, 11) is 0. The second-order valence-corrected chi connectivity index (χ2v) is 10.5. The third-order valence-corrected chi connectivity index (χ3v) is 6.38. The van der Waals surface area contributed by atoms with Crippen LogP contribution in [0.4, 0.5) is 11.4 Å². The molecule has 2 heterocycles. The summed E-state index contributed by atoms with van der Waals surface area (Å²) >= 11 is 10.0. The van der Waals surface area contributed by atoms with Gasteiger partial charge in [-0.1, -0.05) is 47.8 Å². The van der Waals surface area contributed by atoms with Crippen molar-refractivity contribution in [1.82, 2.24) is 19.9 Å². The number of carbonyl (C=O) groups excluding carboxylic acids is 1. The van der Waals surface area contributed by atoms with Crippen LogP contribution in [0.2, 0.25) is 0 Å². The number of rotatable bonds is 4. The van der Waals surface area contributed by atoms with E-state index in [1.54, 1.807) is 19.1 Å². The zero-order valence-electron chi connectivity index (χ0n) is 20.3. The molecule has 0 amide bonds. The lowest BCUT2D eigenvalue weighted by atomic mass is 10.3. The Balaban J connectivity index is 0.000000164. The number of benzene rings is 3. The van der Waals surface area contributed by atoms with Crippen LogP contribution in [0.1, 0.15) is 18.6 Å². The first-order valence-corrected chi connectivity index (χ1v) is 13.7. The molecule has 38 heavy (non-hydrogen) atoms. The van der Waals surface area contributed by atoms with Gasteiger partial charge in [0.1, 0.15) is 18.1 Å². The number of esters is 1. The normalized spacial score (nSPS) is 10.2. The van der Waals surface area contributed by atoms with Crippen LogP contribution < -0.4 is 11.5 Å². The smallest absolute Gasteiger partial charge is 0.313 e. The molecule has 0 unspecified atom stereocenters. The van der Waals surface area contributed by atoms with E-state index in [-0.39, 0.29) is 12.4 Å². The minimum absolute atomic E-state index is 0.181. The molecule has 0 atom stereocenters. The number of nitrogens with one attached hydrogen (secondary N) is 2. The number of nitriles is 1. The van der Waals surface area contributed by atoms with Gasteiger partial charge in [-0.05, 0) is 61.5 Å². The number of aromatic nitrogens is 4. The average molecular weight is 706 g/mol. The number of ether oxygens (including phenoxy) is 1. The van der Waals surface area contributed by atoms with Crippen LogP contribution in [0.25, 0.3) is 22.1 Å². The molecular weight excluding hydrogens is 682 g/mol. The van der Waals surface area contributed by atoms with Gasteiger partial charge >= 0.3 is 5.97 Å². The van der Waals surface area contributed by atoms with Gasteiger partial charge in [0.25, 0.3) is 0 Å². The molecule has 0 aliphatic carbocycles. The second kappa shape index (κ2) is 13.9. The van der Waals surface area contributed by atoms with Crippen molar-refractivity contribution < 1.29 is 9.53 Å². The predicted molar refractivity (Wildman–Crippen MR) is 160 cm³/mol. The number of hydrogen-bond acceptors (Lipinski definition) is 7. The van der Waals surface area contributed by atoms with Crippen LogP contribution >= 0.6 is 47.8 Å². The largest absolute Gasteiger partial charge is 0.466 e. The van der Waals surface area contributed by atoms with Crippen molar-refractivity contribution in [3.05, 3.63) is 79.7 Å². The Kier molecular flexibility index (Phi) is 10.7. The van der Waals surface area contributed by atoms with Gasteiger partial charge in [-0.3, -0.25) is 4.79 Å². The number of fused-ring (bicyclic) bond motifs is 2. The highest BCUT2D eigenvalue weighted by Gasteiger charge is 2.08. The van der Waals surface area contributed by atoms with Gasteiger partial charge in [0, 0.05) is 13.4 Å². The molecule has 2 aromatic heterocycles. The van der Waals surface area contributed by atoms with Gasteiger partial charge < -0.3 is 26.2 Å². The zero-order chi connectivity index (χ0) is 27.7. The summed E-state index contributed by atoms with van der Waals surface area (Å²) in [5.41, 5.74) is 15.8. The van der Waals surface area contributed by atoms with Crippen LogP contribution in [0.5, 0.6) is 0 Å². The van der Waals surface area contributed by atoms with E-state index in [9.17, 15) is 4.79 Å². The molecule has 0 bridgehead atoms. The number of nitrogens with zero attached hydrogens (tertiary/aromatic N) is 3. The number of hydrogen-bond donors (Lipinski definition) is 4. The van der Waals surface area contributed by atoms with Gasteiger partial charge in [-0.15, -0.1) is 0 Å². The Hall–Kier alpha value is -3.40. The first-order chi connectivity index (χ1) is 18.2. The highest BCUT2D eigenvalue weighted by atomic mass is 79.9. The summed E-state index contributed by atoms with van der Waals surface area (Å²) in [5, 5.41) is 8.48. The van der Waals surface area contributed by atoms with E-state index >= 15 is 0 Å². The van der Waals surface area contributed by atoms with Crippen LogP contribution in [0.15, 0.2) is 68.0 Å². The fourth-order valence-corrected chi connectivity index (χ4v) is 4.31. The van der Waals surface area contributed by atoms with E-state index in [0.717, 1.165) is 41.3 Å². The first kappa shape index (κ1) is 29.2. The van der Waals surface area contributed by atoms with Crippen molar-refractivity contribution in [2.45, 2.75) is 19.8 Å². The fraction of sp³-hybridized carbons (Fsp3) is 0.154. The van der Waals surface area contributed by atoms with Crippen LogP contribution in [0.3, 0.4) is 0 Å². The average Bonchev–Trinajstić information content (AvgIpc) is 3.45. The summed E-state index contributed by atoms with van der Waals surface area (Å²) in [4.78, 5) is 26.0. The number of nitrogens with two attached hydrogens (primary N) is 2. The Morgan fingerprint density at radius 1 is 0.868 bits per heavy atom. The third kappa shape index (κ3) is 8.58. The summed E-state index contributed by atoms with van der Waals surface area (Å²) in [6.45, 7) is 2.18. The van der Waals surface area contributed by atoms with Crippen molar-refractivity contribution >= 4 is 87.2 Å². The quantitative estimate of drug-likeness (QED) is 0.124. The lowest BCUT2D eigenvalue weighted by molar-refractivity contribution is -0.142. The Bertz CT molecular complexity index is 1590. The van der Waals surface area contributed by atoms with E-state index in [2.05, 4.69) is 73.8 Å². The highest BCUT2D eigenvalue weighted by Crippen LogP contribution is 2.20. The van der Waals surface area contributed by atoms with E-state index in [0.29, 0.717) is 30.2 Å². The molecule has 5 rings (SSSR count). The summed E-state index contributed by atoms with van der Waals surface area (Å²) in [5.74, 6) is 1.09. The number of H-pyrrole nitrogens is 2. The van der Waals surface area contributed by atoms with Crippen LogP contribution in [-0.2, 0) is 22.4 Å². The van der Waals surface area contributed by atoms with Gasteiger partial charge in [0.15, 0.2) is 0 Å². The van der Waals surface area contributed by atoms with E-state index < -0.39 is 0 Å². The van der Waals surface area contributed by atoms with E-state index in [1.807, 2.05) is 42.5 Å².